The minimum absolute atomic E-state index is 0.158. The average molecular weight is 383 g/mol. The lowest BCUT2D eigenvalue weighted by molar-refractivity contribution is 0.0925. The summed E-state index contributed by atoms with van der Waals surface area (Å²) in [5, 5.41) is 8.20. The minimum Gasteiger partial charge on any atom is -0.350 e. The van der Waals surface area contributed by atoms with Gasteiger partial charge in [0.15, 0.2) is 0 Å². The summed E-state index contributed by atoms with van der Waals surface area (Å²) in [4.78, 5) is 14.9. The first-order chi connectivity index (χ1) is 11.6. The van der Waals surface area contributed by atoms with Gasteiger partial charge in [-0.3, -0.25) is 9.69 Å². The fourth-order valence-corrected chi connectivity index (χ4v) is 4.31. The van der Waals surface area contributed by atoms with Gasteiger partial charge in [-0.15, -0.1) is 0 Å². The van der Waals surface area contributed by atoms with Gasteiger partial charge >= 0.3 is 0 Å². The maximum absolute atomic E-state index is 12.5. The number of amides is 1. The lowest BCUT2D eigenvalue weighted by Crippen LogP contribution is -2.40. The molecule has 6 heteroatoms. The first-order valence-electron chi connectivity index (χ1n) is 8.14. The lowest BCUT2D eigenvalue weighted by atomic mass is 10.0. The largest absolute Gasteiger partial charge is 0.350 e. The summed E-state index contributed by atoms with van der Waals surface area (Å²) in [5.41, 5.74) is 1.73. The highest BCUT2D eigenvalue weighted by Crippen LogP contribution is 2.26. The number of hydrogen-bond acceptors (Lipinski definition) is 3. The molecule has 1 aliphatic heterocycles. The van der Waals surface area contributed by atoms with Crippen molar-refractivity contribution in [3.63, 3.8) is 0 Å². The topological polar surface area (TPSA) is 32.3 Å². The normalized spacial score (nSPS) is 16.8. The van der Waals surface area contributed by atoms with E-state index in [-0.39, 0.29) is 11.9 Å². The summed E-state index contributed by atoms with van der Waals surface area (Å²) in [6, 6.07) is 7.31. The molecule has 2 aromatic rings. The summed E-state index contributed by atoms with van der Waals surface area (Å²) >= 11 is 13.7. The van der Waals surface area contributed by atoms with Crippen LogP contribution >= 0.6 is 34.5 Å². The van der Waals surface area contributed by atoms with Crippen molar-refractivity contribution in [2.75, 3.05) is 19.6 Å². The average Bonchev–Trinajstić information content (AvgIpc) is 3.10. The molecule has 1 unspecified atom stereocenters. The second kappa shape index (κ2) is 8.34. The summed E-state index contributed by atoms with van der Waals surface area (Å²) in [7, 11) is 0. The maximum Gasteiger partial charge on any atom is 0.252 e. The molecule has 1 aliphatic rings. The van der Waals surface area contributed by atoms with Crippen LogP contribution in [0.2, 0.25) is 10.0 Å². The Morgan fingerprint density at radius 1 is 1.21 bits per heavy atom. The molecule has 0 bridgehead atoms. The third kappa shape index (κ3) is 4.31. The number of carbonyl (C=O) groups is 1. The monoisotopic (exact) mass is 382 g/mol. The smallest absolute Gasteiger partial charge is 0.252 e. The van der Waals surface area contributed by atoms with Crippen LogP contribution in [0.1, 0.15) is 41.2 Å². The number of halogens is 2. The molecule has 0 radical (unpaired) electrons. The minimum atomic E-state index is -0.158. The molecule has 0 saturated carbocycles. The number of likely N-dealkylation sites (tertiary alicyclic amines) is 1. The van der Waals surface area contributed by atoms with Crippen LogP contribution in [0.3, 0.4) is 0 Å². The van der Waals surface area contributed by atoms with Crippen LogP contribution < -0.4 is 5.32 Å². The second-order valence-electron chi connectivity index (χ2n) is 6.00. The Labute approximate surface area is 156 Å². The highest BCUT2D eigenvalue weighted by molar-refractivity contribution is 7.08. The van der Waals surface area contributed by atoms with E-state index in [9.17, 15) is 4.79 Å². The molecule has 3 nitrogen and oxygen atoms in total. The molecule has 3 rings (SSSR count). The van der Waals surface area contributed by atoms with Gasteiger partial charge in [0.2, 0.25) is 0 Å². The van der Waals surface area contributed by atoms with E-state index in [4.69, 9.17) is 23.2 Å². The van der Waals surface area contributed by atoms with Crippen LogP contribution in [-0.4, -0.2) is 30.4 Å². The number of piperidine rings is 1. The number of nitrogens with zero attached hydrogens (tertiary/aromatic N) is 1. The molecule has 24 heavy (non-hydrogen) atoms. The fourth-order valence-electron chi connectivity index (χ4n) is 3.11. The lowest BCUT2D eigenvalue weighted by Gasteiger charge is -2.34. The molecule has 1 N–H and O–H groups in total. The van der Waals surface area contributed by atoms with Crippen molar-refractivity contribution in [2.24, 2.45) is 0 Å². The van der Waals surface area contributed by atoms with Gasteiger partial charge in [0.25, 0.3) is 5.91 Å². The van der Waals surface area contributed by atoms with Crippen LogP contribution in [0, 0.1) is 0 Å². The van der Waals surface area contributed by atoms with Crippen LogP contribution in [-0.2, 0) is 0 Å². The van der Waals surface area contributed by atoms with Gasteiger partial charge in [-0.2, -0.15) is 11.3 Å². The Kier molecular flexibility index (Phi) is 6.17. The van der Waals surface area contributed by atoms with Crippen LogP contribution in [0.5, 0.6) is 0 Å². The molecular weight excluding hydrogens is 363 g/mol. The van der Waals surface area contributed by atoms with E-state index < -0.39 is 0 Å². The van der Waals surface area contributed by atoms with Crippen LogP contribution in [0.15, 0.2) is 35.0 Å². The molecule has 1 atom stereocenters. The molecule has 1 saturated heterocycles. The zero-order valence-electron chi connectivity index (χ0n) is 13.3. The first-order valence-corrected chi connectivity index (χ1v) is 9.84. The molecule has 1 aromatic carbocycles. The van der Waals surface area contributed by atoms with Gasteiger partial charge in [-0.1, -0.05) is 29.6 Å². The van der Waals surface area contributed by atoms with Crippen molar-refractivity contribution in [3.8, 4) is 0 Å². The van der Waals surface area contributed by atoms with Crippen molar-refractivity contribution in [3.05, 3.63) is 56.2 Å². The molecule has 128 valence electrons. The number of thiophene rings is 1. The van der Waals surface area contributed by atoms with Crippen molar-refractivity contribution in [1.29, 1.82) is 0 Å². The number of benzene rings is 1. The summed E-state index contributed by atoms with van der Waals surface area (Å²) in [6.45, 7) is 2.74. The molecule has 1 aromatic heterocycles. The van der Waals surface area contributed by atoms with E-state index in [1.54, 1.807) is 29.5 Å². The Morgan fingerprint density at radius 2 is 2.00 bits per heavy atom. The second-order valence-corrected chi connectivity index (χ2v) is 7.63. The van der Waals surface area contributed by atoms with E-state index in [0.717, 1.165) is 13.1 Å². The van der Waals surface area contributed by atoms with E-state index in [1.165, 1.54) is 24.8 Å². The van der Waals surface area contributed by atoms with Crippen molar-refractivity contribution < 1.29 is 4.79 Å². The van der Waals surface area contributed by atoms with Crippen molar-refractivity contribution >= 4 is 40.4 Å². The maximum atomic E-state index is 12.5. The van der Waals surface area contributed by atoms with E-state index in [1.807, 2.05) is 0 Å². The van der Waals surface area contributed by atoms with E-state index in [2.05, 4.69) is 27.0 Å². The highest BCUT2D eigenvalue weighted by atomic mass is 35.5. The zero-order valence-corrected chi connectivity index (χ0v) is 15.6. The molecule has 0 spiro atoms. The quantitative estimate of drug-likeness (QED) is 0.787. The van der Waals surface area contributed by atoms with Gasteiger partial charge in [0.1, 0.15) is 0 Å². The van der Waals surface area contributed by atoms with Gasteiger partial charge in [0, 0.05) is 11.6 Å². The summed E-state index contributed by atoms with van der Waals surface area (Å²) in [6.07, 6.45) is 3.73. The number of nitrogens with one attached hydrogen (secondary N) is 1. The Morgan fingerprint density at radius 3 is 2.67 bits per heavy atom. The number of rotatable bonds is 5. The molecule has 1 fully saturated rings. The predicted molar refractivity (Wildman–Crippen MR) is 101 cm³/mol. The summed E-state index contributed by atoms with van der Waals surface area (Å²) in [5.74, 6) is -0.158. The number of carbonyl (C=O) groups excluding carboxylic acids is 1. The molecule has 1 amide bonds. The van der Waals surface area contributed by atoms with Gasteiger partial charge in [-0.25, -0.2) is 0 Å². The molecular formula is C18H20Cl2N2OS. The third-order valence-corrected chi connectivity index (χ3v) is 5.64. The van der Waals surface area contributed by atoms with Gasteiger partial charge in [-0.05, 0) is 66.5 Å². The standard InChI is InChI=1S/C18H20Cl2N2OS/c19-14-4-5-15(16(20)10-14)18(23)21-11-17(13-6-9-24-12-13)22-7-2-1-3-8-22/h4-6,9-10,12,17H,1-3,7-8,11H2,(H,21,23). The first kappa shape index (κ1) is 17.7. The molecule has 2 heterocycles. The van der Waals surface area contributed by atoms with E-state index >= 15 is 0 Å². The Bertz CT molecular complexity index is 684. The Balaban J connectivity index is 1.70. The van der Waals surface area contributed by atoms with Gasteiger partial charge in [0.05, 0.1) is 16.6 Å². The van der Waals surface area contributed by atoms with Crippen molar-refractivity contribution in [1.82, 2.24) is 10.2 Å². The number of hydrogen-bond donors (Lipinski definition) is 1. The Hall–Kier alpha value is -1.07. The van der Waals surface area contributed by atoms with E-state index in [0.29, 0.717) is 22.2 Å². The van der Waals surface area contributed by atoms with Gasteiger partial charge < -0.3 is 5.32 Å². The van der Waals surface area contributed by atoms with Crippen molar-refractivity contribution in [2.45, 2.75) is 25.3 Å². The third-order valence-electron chi connectivity index (χ3n) is 4.39. The predicted octanol–water partition coefficient (Wildman–Crippen LogP) is 5.01. The fraction of sp³-hybridized carbons (Fsp3) is 0.389. The summed E-state index contributed by atoms with van der Waals surface area (Å²) < 4.78 is 0. The zero-order chi connectivity index (χ0) is 16.9. The van der Waals surface area contributed by atoms with Crippen LogP contribution in [0.25, 0.3) is 0 Å². The van der Waals surface area contributed by atoms with Crippen LogP contribution in [0.4, 0.5) is 0 Å². The SMILES string of the molecule is O=C(NCC(c1ccsc1)N1CCCCC1)c1ccc(Cl)cc1Cl. The molecule has 0 aliphatic carbocycles. The highest BCUT2D eigenvalue weighted by Gasteiger charge is 2.23.